The summed E-state index contributed by atoms with van der Waals surface area (Å²) in [7, 11) is 0. The van der Waals surface area contributed by atoms with Crippen LogP contribution in [0.4, 0.5) is 21.7 Å². The van der Waals surface area contributed by atoms with Crippen molar-refractivity contribution < 1.29 is 4.39 Å². The number of nitrogens with zero attached hydrogens (tertiary/aromatic N) is 3. The van der Waals surface area contributed by atoms with Gasteiger partial charge in [-0.2, -0.15) is 5.26 Å². The number of hydrogen-bond donors (Lipinski definition) is 2. The van der Waals surface area contributed by atoms with Gasteiger partial charge in [-0.15, -0.1) is 0 Å². The Morgan fingerprint density at radius 3 is 2.70 bits per heavy atom. The van der Waals surface area contributed by atoms with E-state index in [0.29, 0.717) is 23.1 Å². The van der Waals surface area contributed by atoms with Crippen molar-refractivity contribution in [3.05, 3.63) is 41.5 Å². The maximum absolute atomic E-state index is 13.2. The average Bonchev–Trinajstić information content (AvgIpc) is 2.40. The second kappa shape index (κ2) is 5.53. The molecule has 0 aliphatic heterocycles. The lowest BCUT2D eigenvalue weighted by molar-refractivity contribution is 0.624. The molecule has 0 saturated heterocycles. The largest absolute Gasteiger partial charge is 0.384 e. The van der Waals surface area contributed by atoms with Crippen LogP contribution in [0.3, 0.4) is 0 Å². The van der Waals surface area contributed by atoms with Crippen molar-refractivity contribution in [3.63, 3.8) is 0 Å². The van der Waals surface area contributed by atoms with Crippen LogP contribution >= 0.6 is 0 Å². The van der Waals surface area contributed by atoms with Crippen molar-refractivity contribution in [1.29, 1.82) is 5.26 Å². The van der Waals surface area contributed by atoms with E-state index < -0.39 is 5.82 Å². The molecule has 102 valence electrons. The molecule has 3 N–H and O–H groups in total. The van der Waals surface area contributed by atoms with Crippen LogP contribution in [-0.2, 0) is 0 Å². The van der Waals surface area contributed by atoms with Crippen LogP contribution in [0.25, 0.3) is 0 Å². The number of halogens is 1. The van der Waals surface area contributed by atoms with Gasteiger partial charge in [-0.05, 0) is 18.2 Å². The van der Waals surface area contributed by atoms with Gasteiger partial charge in [0.05, 0.1) is 5.56 Å². The quantitative estimate of drug-likeness (QED) is 0.896. The summed E-state index contributed by atoms with van der Waals surface area (Å²) in [6.45, 7) is 3.93. The Balaban J connectivity index is 2.33. The summed E-state index contributed by atoms with van der Waals surface area (Å²) in [5.74, 6) is 1.07. The van der Waals surface area contributed by atoms with Gasteiger partial charge in [-0.3, -0.25) is 0 Å². The van der Waals surface area contributed by atoms with Gasteiger partial charge < -0.3 is 11.1 Å². The molecule has 0 aliphatic rings. The molecule has 0 radical (unpaired) electrons. The Bertz CT molecular complexity index is 676. The summed E-state index contributed by atoms with van der Waals surface area (Å²) in [4.78, 5) is 8.46. The van der Waals surface area contributed by atoms with Gasteiger partial charge in [-0.1, -0.05) is 13.8 Å². The maximum atomic E-state index is 13.2. The fraction of sp³-hybridized carbons (Fsp3) is 0.214. The number of aromatic nitrogens is 2. The molecule has 1 heterocycles. The summed E-state index contributed by atoms with van der Waals surface area (Å²) >= 11 is 0. The van der Waals surface area contributed by atoms with E-state index in [1.54, 1.807) is 12.1 Å². The van der Waals surface area contributed by atoms with Gasteiger partial charge in [0.1, 0.15) is 29.3 Å². The van der Waals surface area contributed by atoms with Crippen LogP contribution in [0.5, 0.6) is 0 Å². The van der Waals surface area contributed by atoms with Crippen molar-refractivity contribution in [3.8, 4) is 6.07 Å². The van der Waals surface area contributed by atoms with Crippen LogP contribution in [0.15, 0.2) is 24.3 Å². The lowest BCUT2D eigenvalue weighted by Gasteiger charge is -2.10. The second-order valence-electron chi connectivity index (χ2n) is 4.62. The summed E-state index contributed by atoms with van der Waals surface area (Å²) in [6, 6.07) is 7.56. The normalized spacial score (nSPS) is 10.3. The van der Waals surface area contributed by atoms with Crippen molar-refractivity contribution in [2.45, 2.75) is 19.8 Å². The third-order valence-electron chi connectivity index (χ3n) is 2.64. The molecule has 2 rings (SSSR count). The Hall–Kier alpha value is -2.68. The second-order valence-corrected chi connectivity index (χ2v) is 4.62. The fourth-order valence-corrected chi connectivity index (χ4v) is 1.64. The lowest BCUT2D eigenvalue weighted by Crippen LogP contribution is -2.05. The molecule has 20 heavy (non-hydrogen) atoms. The Labute approximate surface area is 116 Å². The Morgan fingerprint density at radius 1 is 1.30 bits per heavy atom. The predicted molar refractivity (Wildman–Crippen MR) is 74.9 cm³/mol. The standard InChI is InChI=1S/C14H14FN5/c1-8(2)14-19-12(17)6-13(20-14)18-10-3-4-11(15)9(5-10)7-16/h3-6,8H,1-2H3,(H3,17,18,19,20). The minimum Gasteiger partial charge on any atom is -0.384 e. The highest BCUT2D eigenvalue weighted by Gasteiger charge is 2.08. The molecule has 1 aromatic carbocycles. The molecule has 5 nitrogen and oxygen atoms in total. The predicted octanol–water partition coefficient (Wildman–Crippen LogP) is 2.94. The third kappa shape index (κ3) is 3.01. The molecule has 0 fully saturated rings. The summed E-state index contributed by atoms with van der Waals surface area (Å²) < 4.78 is 13.2. The van der Waals surface area contributed by atoms with Gasteiger partial charge in [0.25, 0.3) is 0 Å². The van der Waals surface area contributed by atoms with Crippen LogP contribution < -0.4 is 11.1 Å². The molecular formula is C14H14FN5. The molecule has 0 bridgehead atoms. The highest BCUT2D eigenvalue weighted by Crippen LogP contribution is 2.21. The summed E-state index contributed by atoms with van der Waals surface area (Å²) in [6.07, 6.45) is 0. The smallest absolute Gasteiger partial charge is 0.141 e. The zero-order valence-electron chi connectivity index (χ0n) is 11.2. The molecule has 6 heteroatoms. The molecule has 0 spiro atoms. The SMILES string of the molecule is CC(C)c1nc(N)cc(Nc2ccc(F)c(C#N)c2)n1. The monoisotopic (exact) mass is 271 g/mol. The number of benzene rings is 1. The van der Waals surface area contributed by atoms with E-state index in [0.717, 1.165) is 0 Å². The minimum absolute atomic E-state index is 0.0267. The van der Waals surface area contributed by atoms with Crippen LogP contribution in [0.1, 0.15) is 31.2 Å². The van der Waals surface area contributed by atoms with E-state index in [1.807, 2.05) is 13.8 Å². The number of nitrogens with one attached hydrogen (secondary N) is 1. The topological polar surface area (TPSA) is 87.6 Å². The molecule has 0 unspecified atom stereocenters. The number of nitrogens with two attached hydrogens (primary N) is 1. The van der Waals surface area contributed by atoms with Gasteiger partial charge in [0.15, 0.2) is 0 Å². The molecule has 0 amide bonds. The first-order valence-electron chi connectivity index (χ1n) is 6.10. The average molecular weight is 271 g/mol. The van der Waals surface area contributed by atoms with E-state index in [9.17, 15) is 4.39 Å². The van der Waals surface area contributed by atoms with Crippen molar-refractivity contribution in [2.24, 2.45) is 0 Å². The number of nitrogen functional groups attached to an aromatic ring is 1. The zero-order valence-corrected chi connectivity index (χ0v) is 11.2. The van der Waals surface area contributed by atoms with Crippen molar-refractivity contribution >= 4 is 17.3 Å². The van der Waals surface area contributed by atoms with E-state index in [2.05, 4.69) is 15.3 Å². The van der Waals surface area contributed by atoms with Gasteiger partial charge in [-0.25, -0.2) is 14.4 Å². The fourth-order valence-electron chi connectivity index (χ4n) is 1.64. The molecule has 1 aromatic heterocycles. The van der Waals surface area contributed by atoms with E-state index in [1.165, 1.54) is 18.2 Å². The van der Waals surface area contributed by atoms with Crippen molar-refractivity contribution in [2.75, 3.05) is 11.1 Å². The van der Waals surface area contributed by atoms with Gasteiger partial charge >= 0.3 is 0 Å². The number of hydrogen-bond acceptors (Lipinski definition) is 5. The van der Waals surface area contributed by atoms with E-state index in [4.69, 9.17) is 11.0 Å². The number of rotatable bonds is 3. The first-order valence-corrected chi connectivity index (χ1v) is 6.10. The third-order valence-corrected chi connectivity index (χ3v) is 2.64. The Kier molecular flexibility index (Phi) is 3.80. The van der Waals surface area contributed by atoms with E-state index >= 15 is 0 Å². The first-order chi connectivity index (χ1) is 9.49. The molecule has 2 aromatic rings. The maximum Gasteiger partial charge on any atom is 0.141 e. The Morgan fingerprint density at radius 2 is 2.05 bits per heavy atom. The highest BCUT2D eigenvalue weighted by molar-refractivity contribution is 5.60. The molecule has 0 saturated carbocycles. The summed E-state index contributed by atoms with van der Waals surface area (Å²) in [5, 5.41) is 11.8. The summed E-state index contributed by atoms with van der Waals surface area (Å²) in [5.41, 5.74) is 6.27. The van der Waals surface area contributed by atoms with E-state index in [-0.39, 0.29) is 11.5 Å². The van der Waals surface area contributed by atoms with Crippen LogP contribution in [-0.4, -0.2) is 9.97 Å². The number of anilines is 3. The van der Waals surface area contributed by atoms with Crippen molar-refractivity contribution in [1.82, 2.24) is 9.97 Å². The van der Waals surface area contributed by atoms with Crippen LogP contribution in [0, 0.1) is 17.1 Å². The van der Waals surface area contributed by atoms with Gasteiger partial charge in [0, 0.05) is 17.7 Å². The highest BCUT2D eigenvalue weighted by atomic mass is 19.1. The lowest BCUT2D eigenvalue weighted by atomic mass is 10.2. The molecule has 0 atom stereocenters. The molecular weight excluding hydrogens is 257 g/mol. The molecule has 0 aliphatic carbocycles. The van der Waals surface area contributed by atoms with Gasteiger partial charge in [0.2, 0.25) is 0 Å². The minimum atomic E-state index is -0.553. The van der Waals surface area contributed by atoms with Crippen LogP contribution in [0.2, 0.25) is 0 Å². The zero-order chi connectivity index (χ0) is 14.7. The number of nitriles is 1. The first kappa shape index (κ1) is 13.7.